The number of ether oxygens (including phenoxy) is 1. The van der Waals surface area contributed by atoms with Crippen molar-refractivity contribution in [3.05, 3.63) is 71.5 Å². The summed E-state index contributed by atoms with van der Waals surface area (Å²) in [5.41, 5.74) is 4.74. The zero-order valence-corrected chi connectivity index (χ0v) is 15.4. The van der Waals surface area contributed by atoms with E-state index in [1.165, 1.54) is 11.1 Å². The molecule has 1 unspecified atom stereocenters. The Morgan fingerprint density at radius 3 is 2.89 bits per heavy atom. The van der Waals surface area contributed by atoms with E-state index in [-0.39, 0.29) is 0 Å². The van der Waals surface area contributed by atoms with E-state index in [1.54, 1.807) is 13.2 Å². The minimum Gasteiger partial charge on any atom is -0.495 e. The highest BCUT2D eigenvalue weighted by molar-refractivity contribution is 5.72. The Morgan fingerprint density at radius 2 is 2.07 bits per heavy atom. The van der Waals surface area contributed by atoms with Crippen LogP contribution in [-0.2, 0) is 12.8 Å². The summed E-state index contributed by atoms with van der Waals surface area (Å²) in [6, 6.07) is 18.5. The third kappa shape index (κ3) is 3.75. The minimum absolute atomic E-state index is 0.356. The van der Waals surface area contributed by atoms with Crippen LogP contribution in [0.3, 0.4) is 0 Å². The van der Waals surface area contributed by atoms with Crippen molar-refractivity contribution in [3.63, 3.8) is 0 Å². The fraction of sp³-hybridized carbons (Fsp3) is 0.261. The van der Waals surface area contributed by atoms with Crippen LogP contribution in [0.4, 0.5) is 5.69 Å². The molecular weight excluding hydrogens is 338 g/mol. The first-order valence-electron chi connectivity index (χ1n) is 9.33. The fourth-order valence-corrected chi connectivity index (χ4v) is 3.73. The minimum atomic E-state index is 0.356. The van der Waals surface area contributed by atoms with Gasteiger partial charge in [0, 0.05) is 11.6 Å². The number of rotatable bonds is 6. The monoisotopic (exact) mass is 361 g/mol. The molecule has 0 spiro atoms. The smallest absolute Gasteiger partial charge is 0.185 e. The molecule has 1 aliphatic rings. The lowest BCUT2D eigenvalue weighted by molar-refractivity contribution is 0.110. The van der Waals surface area contributed by atoms with Crippen molar-refractivity contribution >= 4 is 12.0 Å². The summed E-state index contributed by atoms with van der Waals surface area (Å²) in [6.07, 6.45) is 4.97. The number of fused-ring (bicyclic) bond motifs is 1. The predicted molar refractivity (Wildman–Crippen MR) is 107 cm³/mol. The molecule has 4 heteroatoms. The van der Waals surface area contributed by atoms with Gasteiger partial charge in [0.2, 0.25) is 0 Å². The van der Waals surface area contributed by atoms with E-state index < -0.39 is 0 Å². The van der Waals surface area contributed by atoms with Gasteiger partial charge in [0.1, 0.15) is 11.5 Å². The first kappa shape index (κ1) is 17.4. The summed E-state index contributed by atoms with van der Waals surface area (Å²) in [7, 11) is 1.72. The van der Waals surface area contributed by atoms with E-state index in [9.17, 15) is 4.79 Å². The molecule has 0 saturated carbocycles. The summed E-state index contributed by atoms with van der Waals surface area (Å²) in [5, 5.41) is 3.66. The van der Waals surface area contributed by atoms with Crippen LogP contribution in [0.5, 0.6) is 5.75 Å². The van der Waals surface area contributed by atoms with Crippen molar-refractivity contribution in [2.75, 3.05) is 12.4 Å². The van der Waals surface area contributed by atoms with Crippen LogP contribution in [-0.4, -0.2) is 19.4 Å². The van der Waals surface area contributed by atoms with Crippen LogP contribution in [0.1, 0.15) is 34.5 Å². The lowest BCUT2D eigenvalue weighted by Crippen LogP contribution is -2.26. The molecule has 138 valence electrons. The largest absolute Gasteiger partial charge is 0.495 e. The van der Waals surface area contributed by atoms with Crippen molar-refractivity contribution in [1.82, 2.24) is 0 Å². The summed E-state index contributed by atoms with van der Waals surface area (Å²) in [4.78, 5) is 10.8. The molecule has 0 radical (unpaired) electrons. The summed E-state index contributed by atoms with van der Waals surface area (Å²) in [5.74, 6) is 2.01. The van der Waals surface area contributed by atoms with Crippen LogP contribution in [0, 0.1) is 0 Å². The maximum absolute atomic E-state index is 10.8. The molecule has 2 heterocycles. The van der Waals surface area contributed by atoms with E-state index in [0.717, 1.165) is 54.7 Å². The van der Waals surface area contributed by atoms with Crippen molar-refractivity contribution < 1.29 is 13.9 Å². The summed E-state index contributed by atoms with van der Waals surface area (Å²) >= 11 is 0. The molecule has 4 rings (SSSR count). The first-order chi connectivity index (χ1) is 13.3. The third-order valence-corrected chi connectivity index (χ3v) is 5.18. The fourth-order valence-electron chi connectivity index (χ4n) is 3.73. The molecule has 4 nitrogen and oxygen atoms in total. The Labute approximate surface area is 159 Å². The Kier molecular flexibility index (Phi) is 4.97. The van der Waals surface area contributed by atoms with E-state index in [4.69, 9.17) is 9.15 Å². The van der Waals surface area contributed by atoms with Gasteiger partial charge < -0.3 is 14.5 Å². The average Bonchev–Trinajstić information content (AvgIpc) is 3.21. The quantitative estimate of drug-likeness (QED) is 0.619. The maximum atomic E-state index is 10.8. The standard InChI is InChI=1S/C23H23NO3/c1-26-22-7-3-5-17-9-11-19(24-23(17)22)10-8-16-4-2-6-18(14-16)21-13-12-20(15-25)27-21/h2-7,12-15,19,24H,8-11H2,1H3. The number of nitrogens with one attached hydrogen (secondary N) is 1. The maximum Gasteiger partial charge on any atom is 0.185 e. The van der Waals surface area contributed by atoms with Gasteiger partial charge in [-0.2, -0.15) is 0 Å². The number of para-hydroxylation sites is 1. The zero-order valence-electron chi connectivity index (χ0n) is 15.4. The molecule has 1 N–H and O–H groups in total. The average molecular weight is 361 g/mol. The molecule has 0 saturated heterocycles. The molecule has 1 aliphatic heterocycles. The Balaban J connectivity index is 1.43. The number of hydrogen-bond acceptors (Lipinski definition) is 4. The van der Waals surface area contributed by atoms with Crippen LogP contribution in [0.25, 0.3) is 11.3 Å². The van der Waals surface area contributed by atoms with Gasteiger partial charge in [0.05, 0.1) is 12.8 Å². The number of hydrogen-bond donors (Lipinski definition) is 1. The molecule has 0 bridgehead atoms. The number of aryl methyl sites for hydroxylation is 2. The van der Waals surface area contributed by atoms with Gasteiger partial charge >= 0.3 is 0 Å². The second-order valence-electron chi connectivity index (χ2n) is 6.93. The SMILES string of the molecule is COc1cccc2c1NC(CCc1cccc(-c3ccc(C=O)o3)c1)CC2. The zero-order chi connectivity index (χ0) is 18.6. The Hall–Kier alpha value is -3.01. The molecule has 3 aromatic rings. The topological polar surface area (TPSA) is 51.5 Å². The molecule has 1 atom stereocenters. The molecule has 0 amide bonds. The van der Waals surface area contributed by atoms with Crippen LogP contribution in [0.2, 0.25) is 0 Å². The van der Waals surface area contributed by atoms with Crippen molar-refractivity contribution in [3.8, 4) is 17.1 Å². The molecule has 2 aromatic carbocycles. The molecule has 0 fully saturated rings. The highest BCUT2D eigenvalue weighted by Crippen LogP contribution is 2.34. The molecule has 27 heavy (non-hydrogen) atoms. The van der Waals surface area contributed by atoms with Gasteiger partial charge in [-0.1, -0.05) is 30.3 Å². The number of aldehydes is 1. The van der Waals surface area contributed by atoms with E-state index in [2.05, 4.69) is 29.6 Å². The highest BCUT2D eigenvalue weighted by atomic mass is 16.5. The number of benzene rings is 2. The van der Waals surface area contributed by atoms with Crippen LogP contribution >= 0.6 is 0 Å². The number of carbonyl (C=O) groups is 1. The number of furan rings is 1. The molecule has 0 aliphatic carbocycles. The third-order valence-electron chi connectivity index (χ3n) is 5.18. The van der Waals surface area contributed by atoms with Crippen molar-refractivity contribution in [1.29, 1.82) is 0 Å². The van der Waals surface area contributed by atoms with Crippen LogP contribution < -0.4 is 10.1 Å². The van der Waals surface area contributed by atoms with E-state index in [1.807, 2.05) is 24.3 Å². The lowest BCUT2D eigenvalue weighted by Gasteiger charge is -2.28. The van der Waals surface area contributed by atoms with Crippen molar-refractivity contribution in [2.24, 2.45) is 0 Å². The van der Waals surface area contributed by atoms with Gasteiger partial charge in [0.25, 0.3) is 0 Å². The summed E-state index contributed by atoms with van der Waals surface area (Å²) in [6.45, 7) is 0. The molecule has 1 aromatic heterocycles. The first-order valence-corrected chi connectivity index (χ1v) is 9.33. The predicted octanol–water partition coefficient (Wildman–Crippen LogP) is 5.13. The van der Waals surface area contributed by atoms with E-state index in [0.29, 0.717) is 11.8 Å². The number of anilines is 1. The second-order valence-corrected chi connectivity index (χ2v) is 6.93. The normalized spacial score (nSPS) is 15.7. The van der Waals surface area contributed by atoms with Gasteiger partial charge in [-0.3, -0.25) is 4.79 Å². The highest BCUT2D eigenvalue weighted by Gasteiger charge is 2.20. The number of carbonyl (C=O) groups excluding carboxylic acids is 1. The van der Waals surface area contributed by atoms with E-state index >= 15 is 0 Å². The Bertz CT molecular complexity index is 930. The van der Waals surface area contributed by atoms with Gasteiger partial charge in [-0.15, -0.1) is 0 Å². The summed E-state index contributed by atoms with van der Waals surface area (Å²) < 4.78 is 11.0. The van der Waals surface area contributed by atoms with Crippen LogP contribution in [0.15, 0.2) is 59.0 Å². The van der Waals surface area contributed by atoms with Crippen molar-refractivity contribution in [2.45, 2.75) is 31.7 Å². The molecular formula is C23H23NO3. The van der Waals surface area contributed by atoms with Gasteiger partial charge in [0.15, 0.2) is 12.0 Å². The van der Waals surface area contributed by atoms with Gasteiger partial charge in [-0.05, 0) is 61.1 Å². The van der Waals surface area contributed by atoms with Gasteiger partial charge in [-0.25, -0.2) is 0 Å². The second kappa shape index (κ2) is 7.70. The number of methoxy groups -OCH3 is 1. The lowest BCUT2D eigenvalue weighted by atomic mass is 9.93. The Morgan fingerprint density at radius 1 is 1.19 bits per heavy atom.